The second kappa shape index (κ2) is 7.90. The highest BCUT2D eigenvalue weighted by molar-refractivity contribution is 7.13. The number of rotatable bonds is 4. The standard InChI is InChI=1S/C17H27N3O2S/c1-17(2,3)15(22)20-16-19-13(11-23-16)10-14(21)18-12-8-6-4-5-7-9-12/h11-12H,4-10H2,1-3H3,(H,18,21)(H,19,20,22). The number of amides is 2. The number of carbonyl (C=O) groups is 2. The molecule has 5 nitrogen and oxygen atoms in total. The molecule has 1 saturated carbocycles. The molecule has 6 heteroatoms. The summed E-state index contributed by atoms with van der Waals surface area (Å²) in [5.41, 5.74) is 0.258. The van der Waals surface area contributed by atoms with Gasteiger partial charge in [-0.1, -0.05) is 46.5 Å². The van der Waals surface area contributed by atoms with E-state index in [2.05, 4.69) is 15.6 Å². The minimum atomic E-state index is -0.456. The highest BCUT2D eigenvalue weighted by Crippen LogP contribution is 2.21. The van der Waals surface area contributed by atoms with Gasteiger partial charge in [-0.2, -0.15) is 0 Å². The van der Waals surface area contributed by atoms with Crippen LogP contribution in [-0.2, 0) is 16.0 Å². The van der Waals surface area contributed by atoms with Gasteiger partial charge in [0.15, 0.2) is 5.13 Å². The highest BCUT2D eigenvalue weighted by Gasteiger charge is 2.22. The second-order valence-corrected chi connectivity index (χ2v) is 8.14. The molecule has 0 aromatic carbocycles. The Bertz CT molecular complexity index is 540. The molecule has 2 rings (SSSR count). The summed E-state index contributed by atoms with van der Waals surface area (Å²) < 4.78 is 0. The molecular formula is C17H27N3O2S. The summed E-state index contributed by atoms with van der Waals surface area (Å²) in [6, 6.07) is 0.309. The van der Waals surface area contributed by atoms with Crippen LogP contribution >= 0.6 is 11.3 Å². The van der Waals surface area contributed by atoms with Gasteiger partial charge < -0.3 is 10.6 Å². The minimum absolute atomic E-state index is 0.0240. The topological polar surface area (TPSA) is 71.1 Å². The van der Waals surface area contributed by atoms with Crippen molar-refractivity contribution in [3.8, 4) is 0 Å². The SMILES string of the molecule is CC(C)(C)C(=O)Nc1nc(CC(=O)NC2CCCCCC2)cs1. The summed E-state index contributed by atoms with van der Waals surface area (Å²) in [6.45, 7) is 5.57. The molecule has 0 saturated heterocycles. The van der Waals surface area contributed by atoms with Gasteiger partial charge in [0.1, 0.15) is 0 Å². The van der Waals surface area contributed by atoms with Crippen molar-refractivity contribution in [1.29, 1.82) is 0 Å². The smallest absolute Gasteiger partial charge is 0.231 e. The van der Waals surface area contributed by atoms with Gasteiger partial charge >= 0.3 is 0 Å². The van der Waals surface area contributed by atoms with Crippen molar-refractivity contribution in [3.63, 3.8) is 0 Å². The molecule has 1 fully saturated rings. The van der Waals surface area contributed by atoms with Gasteiger partial charge in [-0.3, -0.25) is 9.59 Å². The maximum absolute atomic E-state index is 12.1. The Labute approximate surface area is 142 Å². The summed E-state index contributed by atoms with van der Waals surface area (Å²) in [5, 5.41) is 8.32. The van der Waals surface area contributed by atoms with E-state index >= 15 is 0 Å². The van der Waals surface area contributed by atoms with Crippen molar-refractivity contribution in [1.82, 2.24) is 10.3 Å². The number of nitrogens with zero attached hydrogens (tertiary/aromatic N) is 1. The number of thiazole rings is 1. The summed E-state index contributed by atoms with van der Waals surface area (Å²) in [4.78, 5) is 28.4. The maximum atomic E-state index is 12.1. The first-order chi connectivity index (χ1) is 10.8. The van der Waals surface area contributed by atoms with Gasteiger partial charge in [0.05, 0.1) is 12.1 Å². The Balaban J connectivity index is 1.83. The third-order valence-corrected chi connectivity index (χ3v) is 4.82. The Kier molecular flexibility index (Phi) is 6.16. The van der Waals surface area contributed by atoms with Crippen LogP contribution < -0.4 is 10.6 Å². The maximum Gasteiger partial charge on any atom is 0.231 e. The lowest BCUT2D eigenvalue weighted by Gasteiger charge is -2.16. The van der Waals surface area contributed by atoms with Crippen molar-refractivity contribution >= 4 is 28.3 Å². The minimum Gasteiger partial charge on any atom is -0.353 e. The molecule has 0 radical (unpaired) electrons. The van der Waals surface area contributed by atoms with Crippen molar-refractivity contribution in [3.05, 3.63) is 11.1 Å². The van der Waals surface area contributed by atoms with Crippen LogP contribution in [0.3, 0.4) is 0 Å². The van der Waals surface area contributed by atoms with Gasteiger partial charge in [0.25, 0.3) is 0 Å². The number of carbonyl (C=O) groups excluding carboxylic acids is 2. The average Bonchev–Trinajstić information content (AvgIpc) is 2.72. The van der Waals surface area contributed by atoms with Crippen LogP contribution in [0.15, 0.2) is 5.38 Å². The van der Waals surface area contributed by atoms with E-state index < -0.39 is 5.41 Å². The van der Waals surface area contributed by atoms with E-state index in [-0.39, 0.29) is 18.2 Å². The van der Waals surface area contributed by atoms with Crippen LogP contribution in [-0.4, -0.2) is 22.8 Å². The molecule has 2 amide bonds. The van der Waals surface area contributed by atoms with E-state index in [0.717, 1.165) is 12.8 Å². The van der Waals surface area contributed by atoms with Crippen molar-refractivity contribution in [2.24, 2.45) is 5.41 Å². The predicted molar refractivity (Wildman–Crippen MR) is 93.5 cm³/mol. The normalized spacial score (nSPS) is 16.7. The monoisotopic (exact) mass is 337 g/mol. The fourth-order valence-electron chi connectivity index (χ4n) is 2.60. The van der Waals surface area contributed by atoms with E-state index in [1.807, 2.05) is 26.2 Å². The fraction of sp³-hybridized carbons (Fsp3) is 0.706. The van der Waals surface area contributed by atoms with Crippen LogP contribution in [0.5, 0.6) is 0 Å². The first-order valence-electron chi connectivity index (χ1n) is 8.40. The second-order valence-electron chi connectivity index (χ2n) is 7.28. The summed E-state index contributed by atoms with van der Waals surface area (Å²) in [6.07, 6.45) is 7.38. The summed E-state index contributed by atoms with van der Waals surface area (Å²) >= 11 is 1.36. The number of aromatic nitrogens is 1. The van der Waals surface area contributed by atoms with Crippen LogP contribution in [0.25, 0.3) is 0 Å². The highest BCUT2D eigenvalue weighted by atomic mass is 32.1. The van der Waals surface area contributed by atoms with Gasteiger partial charge in [-0.05, 0) is 12.8 Å². The lowest BCUT2D eigenvalue weighted by atomic mass is 9.96. The largest absolute Gasteiger partial charge is 0.353 e. The number of hydrogen-bond donors (Lipinski definition) is 2. The fourth-order valence-corrected chi connectivity index (χ4v) is 3.30. The molecule has 128 valence electrons. The molecule has 0 unspecified atom stereocenters. The Morgan fingerprint density at radius 3 is 2.48 bits per heavy atom. The van der Waals surface area contributed by atoms with E-state index in [9.17, 15) is 9.59 Å². The Morgan fingerprint density at radius 1 is 1.22 bits per heavy atom. The molecule has 2 N–H and O–H groups in total. The van der Waals surface area contributed by atoms with E-state index in [0.29, 0.717) is 16.9 Å². The quantitative estimate of drug-likeness (QED) is 0.826. The van der Waals surface area contributed by atoms with E-state index in [1.54, 1.807) is 0 Å². The lowest BCUT2D eigenvalue weighted by Crippen LogP contribution is -2.35. The molecule has 0 spiro atoms. The van der Waals surface area contributed by atoms with Crippen molar-refractivity contribution in [2.45, 2.75) is 71.8 Å². The van der Waals surface area contributed by atoms with Crippen LogP contribution in [0.4, 0.5) is 5.13 Å². The van der Waals surface area contributed by atoms with E-state index in [1.165, 1.54) is 37.0 Å². The number of anilines is 1. The molecule has 1 aromatic heterocycles. The molecule has 0 aliphatic heterocycles. The van der Waals surface area contributed by atoms with Gasteiger partial charge in [-0.25, -0.2) is 4.98 Å². The predicted octanol–water partition coefficient (Wildman–Crippen LogP) is 3.51. The molecule has 1 heterocycles. The average molecular weight is 337 g/mol. The summed E-state index contributed by atoms with van der Waals surface area (Å²) in [5.74, 6) is -0.0443. The Morgan fingerprint density at radius 2 is 1.87 bits per heavy atom. The van der Waals surface area contributed by atoms with Crippen LogP contribution in [0.2, 0.25) is 0 Å². The zero-order valence-corrected chi connectivity index (χ0v) is 15.1. The van der Waals surface area contributed by atoms with Crippen molar-refractivity contribution < 1.29 is 9.59 Å². The third-order valence-electron chi connectivity index (χ3n) is 4.02. The zero-order chi connectivity index (χ0) is 16.9. The summed E-state index contributed by atoms with van der Waals surface area (Å²) in [7, 11) is 0. The number of nitrogens with one attached hydrogen (secondary N) is 2. The molecule has 1 aromatic rings. The molecule has 1 aliphatic carbocycles. The zero-order valence-electron chi connectivity index (χ0n) is 14.3. The van der Waals surface area contributed by atoms with Crippen LogP contribution in [0.1, 0.15) is 65.0 Å². The van der Waals surface area contributed by atoms with Gasteiger partial charge in [0.2, 0.25) is 11.8 Å². The van der Waals surface area contributed by atoms with Crippen LogP contribution in [0, 0.1) is 5.41 Å². The molecule has 0 atom stereocenters. The van der Waals surface area contributed by atoms with Gasteiger partial charge in [-0.15, -0.1) is 11.3 Å². The first-order valence-corrected chi connectivity index (χ1v) is 9.28. The third kappa shape index (κ3) is 5.94. The number of hydrogen-bond acceptors (Lipinski definition) is 4. The van der Waals surface area contributed by atoms with Gasteiger partial charge in [0, 0.05) is 16.8 Å². The van der Waals surface area contributed by atoms with Crippen molar-refractivity contribution in [2.75, 3.05) is 5.32 Å². The molecule has 23 heavy (non-hydrogen) atoms. The first kappa shape index (κ1) is 17.9. The Hall–Kier alpha value is -1.43. The molecular weight excluding hydrogens is 310 g/mol. The molecule has 0 bridgehead atoms. The van der Waals surface area contributed by atoms with E-state index in [4.69, 9.17) is 0 Å². The molecule has 1 aliphatic rings. The lowest BCUT2D eigenvalue weighted by molar-refractivity contribution is -0.123.